The van der Waals surface area contributed by atoms with E-state index < -0.39 is 36.2 Å². The van der Waals surface area contributed by atoms with E-state index in [1.807, 2.05) is 0 Å². The van der Waals surface area contributed by atoms with Gasteiger partial charge in [0, 0.05) is 20.8 Å². The molecule has 2 N–H and O–H groups in total. The van der Waals surface area contributed by atoms with Crippen LogP contribution in [0.3, 0.4) is 0 Å². The van der Waals surface area contributed by atoms with Gasteiger partial charge in [-0.25, -0.2) is 0 Å². The van der Waals surface area contributed by atoms with Gasteiger partial charge in [-0.15, -0.1) is 12.4 Å². The summed E-state index contributed by atoms with van der Waals surface area (Å²) < 4.78 is 14.9. The molecule has 1 rings (SSSR count). The summed E-state index contributed by atoms with van der Waals surface area (Å²) in [6.45, 7) is 3.68. The van der Waals surface area contributed by atoms with E-state index in [1.54, 1.807) is 0 Å². The van der Waals surface area contributed by atoms with Gasteiger partial charge >= 0.3 is 17.9 Å². The molecule has 0 aromatic heterocycles. The lowest BCUT2D eigenvalue weighted by Gasteiger charge is -2.36. The average molecular weight is 309 g/mol. The number of piperidine rings is 1. The Labute approximate surface area is 122 Å². The maximum absolute atomic E-state index is 11.1. The zero-order valence-corrected chi connectivity index (χ0v) is 12.1. The Morgan fingerprint density at radius 1 is 1.05 bits per heavy atom. The maximum atomic E-state index is 11.1. The molecule has 0 unspecified atom stereocenters. The van der Waals surface area contributed by atoms with Crippen LogP contribution in [0.4, 0.5) is 0 Å². The van der Waals surface area contributed by atoms with E-state index in [1.165, 1.54) is 20.8 Å². The second kappa shape index (κ2) is 7.68. The van der Waals surface area contributed by atoms with Gasteiger partial charge in [-0.3, -0.25) is 19.8 Å². The molecule has 0 aromatic rings. The van der Waals surface area contributed by atoms with Crippen LogP contribution in [-0.4, -0.2) is 48.6 Å². The van der Waals surface area contributed by atoms with Crippen molar-refractivity contribution >= 4 is 36.2 Å². The molecule has 3 atom stereocenters. The highest BCUT2D eigenvalue weighted by molar-refractivity contribution is 5.88. The molecule has 1 heterocycles. The number of nitrogens with one attached hydrogen (secondary N) is 2. The van der Waals surface area contributed by atoms with Gasteiger partial charge in [-0.05, 0) is 0 Å². The third kappa shape index (κ3) is 5.04. The van der Waals surface area contributed by atoms with Crippen LogP contribution >= 0.6 is 12.4 Å². The minimum atomic E-state index is -1.11. The van der Waals surface area contributed by atoms with Crippen LogP contribution in [0.25, 0.3) is 0 Å². The third-order valence-electron chi connectivity index (χ3n) is 2.36. The highest BCUT2D eigenvalue weighted by atomic mass is 35.5. The summed E-state index contributed by atoms with van der Waals surface area (Å²) in [7, 11) is 0. The van der Waals surface area contributed by atoms with E-state index >= 15 is 0 Å². The highest BCUT2D eigenvalue weighted by Gasteiger charge is 2.43. The van der Waals surface area contributed by atoms with Crippen LogP contribution in [0, 0.1) is 5.41 Å². The van der Waals surface area contributed by atoms with Gasteiger partial charge in [-0.1, -0.05) is 0 Å². The lowest BCUT2D eigenvalue weighted by atomic mass is 10.0. The van der Waals surface area contributed by atoms with Crippen molar-refractivity contribution in [2.75, 3.05) is 6.54 Å². The number of amidine groups is 1. The fraction of sp³-hybridized carbons (Fsp3) is 0.636. The van der Waals surface area contributed by atoms with E-state index in [0.717, 1.165) is 0 Å². The molecule has 0 bridgehead atoms. The van der Waals surface area contributed by atoms with Gasteiger partial charge in [0.25, 0.3) is 0 Å². The predicted molar refractivity (Wildman–Crippen MR) is 69.6 cm³/mol. The quantitative estimate of drug-likeness (QED) is 0.547. The molecule has 0 aliphatic carbocycles. The van der Waals surface area contributed by atoms with Gasteiger partial charge in [-0.2, -0.15) is 0 Å². The fourth-order valence-electron chi connectivity index (χ4n) is 1.74. The number of rotatable bonds is 3. The first kappa shape index (κ1) is 18.2. The van der Waals surface area contributed by atoms with Crippen LogP contribution in [0.5, 0.6) is 0 Å². The zero-order valence-electron chi connectivity index (χ0n) is 11.3. The molecule has 114 valence electrons. The number of esters is 3. The van der Waals surface area contributed by atoms with Crippen LogP contribution in [0.15, 0.2) is 0 Å². The van der Waals surface area contributed by atoms with Crippen molar-refractivity contribution in [2.45, 2.75) is 39.1 Å². The number of halogens is 1. The Morgan fingerprint density at radius 3 is 2.00 bits per heavy atom. The second-order valence-electron chi connectivity index (χ2n) is 4.05. The van der Waals surface area contributed by atoms with Gasteiger partial charge in [0.1, 0.15) is 5.84 Å². The smallest absolute Gasteiger partial charge is 0.303 e. The van der Waals surface area contributed by atoms with Crippen molar-refractivity contribution in [2.24, 2.45) is 0 Å². The molecule has 0 radical (unpaired) electrons. The average Bonchev–Trinajstić information content (AvgIpc) is 2.25. The van der Waals surface area contributed by atoms with Crippen molar-refractivity contribution in [1.82, 2.24) is 5.32 Å². The van der Waals surface area contributed by atoms with Gasteiger partial charge < -0.3 is 19.5 Å². The summed E-state index contributed by atoms with van der Waals surface area (Å²) in [6, 6.07) is 0. The number of hydrogen-bond acceptors (Lipinski definition) is 7. The van der Waals surface area contributed by atoms with Crippen molar-refractivity contribution in [3.8, 4) is 0 Å². The lowest BCUT2D eigenvalue weighted by Crippen LogP contribution is -2.60. The molecule has 8 nitrogen and oxygen atoms in total. The molecule has 1 aliphatic heterocycles. The number of carbonyl (C=O) groups is 3. The third-order valence-corrected chi connectivity index (χ3v) is 2.36. The summed E-state index contributed by atoms with van der Waals surface area (Å²) in [5.74, 6) is -1.91. The van der Waals surface area contributed by atoms with Gasteiger partial charge in [0.15, 0.2) is 18.3 Å². The molecular weight excluding hydrogens is 292 g/mol. The Balaban J connectivity index is 0.00000361. The first-order chi connectivity index (χ1) is 8.81. The minimum Gasteiger partial charge on any atom is -0.457 e. The SMILES string of the molecule is CC(=O)O[C@@H]1[C@H](OC(C)=O)CNC(=N)[C@@H]1OC(C)=O.Cl. The van der Waals surface area contributed by atoms with Gasteiger partial charge in [0.2, 0.25) is 0 Å². The topological polar surface area (TPSA) is 115 Å². The molecular formula is C11H17ClN2O6. The van der Waals surface area contributed by atoms with Crippen molar-refractivity contribution in [3.05, 3.63) is 0 Å². The summed E-state index contributed by atoms with van der Waals surface area (Å²) in [5.41, 5.74) is 0. The highest BCUT2D eigenvalue weighted by Crippen LogP contribution is 2.17. The van der Waals surface area contributed by atoms with Crippen LogP contribution in [0.2, 0.25) is 0 Å². The molecule has 20 heavy (non-hydrogen) atoms. The number of ether oxygens (including phenoxy) is 3. The predicted octanol–water partition coefficient (Wildman–Crippen LogP) is -0.216. The number of hydrogen-bond donors (Lipinski definition) is 2. The van der Waals surface area contributed by atoms with Crippen molar-refractivity contribution in [3.63, 3.8) is 0 Å². The largest absolute Gasteiger partial charge is 0.457 e. The Hall–Kier alpha value is -1.83. The van der Waals surface area contributed by atoms with E-state index in [4.69, 9.17) is 19.6 Å². The first-order valence-corrected chi connectivity index (χ1v) is 5.65. The van der Waals surface area contributed by atoms with Gasteiger partial charge in [0.05, 0.1) is 6.54 Å². The normalized spacial score (nSPS) is 24.8. The molecule has 1 fully saturated rings. The fourth-order valence-corrected chi connectivity index (χ4v) is 1.74. The molecule has 0 spiro atoms. The van der Waals surface area contributed by atoms with Crippen LogP contribution < -0.4 is 5.32 Å². The summed E-state index contributed by atoms with van der Waals surface area (Å²) in [5, 5.41) is 10.3. The Bertz CT molecular complexity index is 414. The van der Waals surface area contributed by atoms with E-state index in [-0.39, 0.29) is 24.8 Å². The van der Waals surface area contributed by atoms with Crippen LogP contribution in [0.1, 0.15) is 20.8 Å². The molecule has 0 aromatic carbocycles. The summed E-state index contributed by atoms with van der Waals surface area (Å²) in [6.07, 6.45) is -2.96. The summed E-state index contributed by atoms with van der Waals surface area (Å²) >= 11 is 0. The molecule has 1 saturated heterocycles. The minimum absolute atomic E-state index is 0. The zero-order chi connectivity index (χ0) is 14.6. The molecule has 9 heteroatoms. The lowest BCUT2D eigenvalue weighted by molar-refractivity contribution is -0.178. The Morgan fingerprint density at radius 2 is 1.55 bits per heavy atom. The van der Waals surface area contributed by atoms with E-state index in [9.17, 15) is 14.4 Å². The molecule has 0 amide bonds. The van der Waals surface area contributed by atoms with E-state index in [0.29, 0.717) is 0 Å². The number of carbonyl (C=O) groups excluding carboxylic acids is 3. The molecule has 0 saturated carbocycles. The summed E-state index contributed by atoms with van der Waals surface area (Å²) in [4.78, 5) is 33.1. The first-order valence-electron chi connectivity index (χ1n) is 5.65. The Kier molecular flexibility index (Phi) is 6.98. The molecule has 1 aliphatic rings. The van der Waals surface area contributed by atoms with Crippen LogP contribution in [-0.2, 0) is 28.6 Å². The van der Waals surface area contributed by atoms with Crippen molar-refractivity contribution < 1.29 is 28.6 Å². The maximum Gasteiger partial charge on any atom is 0.303 e. The van der Waals surface area contributed by atoms with Crippen molar-refractivity contribution in [1.29, 1.82) is 5.41 Å². The standard InChI is InChI=1S/C11H16N2O6.ClH/c1-5(14)17-8-4-13-11(12)10(19-7(3)16)9(8)18-6(2)15;/h8-10H,4H2,1-3H3,(H2,12,13);1H/t8-,9-,10-;/m1./s1. The van der Waals surface area contributed by atoms with E-state index in [2.05, 4.69) is 5.32 Å². The second-order valence-corrected chi connectivity index (χ2v) is 4.05. The monoisotopic (exact) mass is 308 g/mol.